The van der Waals surface area contributed by atoms with Crippen molar-refractivity contribution in [3.8, 4) is 0 Å². The molecule has 6 heteroatoms. The Balaban J connectivity index is 1.69. The van der Waals surface area contributed by atoms with Gasteiger partial charge in [-0.3, -0.25) is 19.8 Å². The maximum absolute atomic E-state index is 12.1. The lowest BCUT2D eigenvalue weighted by atomic mass is 10.1. The van der Waals surface area contributed by atoms with Gasteiger partial charge in [-0.2, -0.15) is 5.01 Å². The highest BCUT2D eigenvalue weighted by atomic mass is 79.9. The topological polar surface area (TPSA) is 66.5 Å². The van der Waals surface area contributed by atoms with Crippen LogP contribution in [-0.4, -0.2) is 22.6 Å². The summed E-state index contributed by atoms with van der Waals surface area (Å²) in [6.45, 7) is 0. The average Bonchev–Trinajstić information content (AvgIpc) is 2.81. The molecule has 3 rings (SSSR count). The van der Waals surface area contributed by atoms with E-state index in [0.717, 1.165) is 9.48 Å². The van der Waals surface area contributed by atoms with Crippen LogP contribution in [0.4, 0.5) is 0 Å². The van der Waals surface area contributed by atoms with Crippen molar-refractivity contribution < 1.29 is 14.4 Å². The maximum atomic E-state index is 12.1. The summed E-state index contributed by atoms with van der Waals surface area (Å²) < 4.78 is 0.877. The van der Waals surface area contributed by atoms with Gasteiger partial charge in [0, 0.05) is 22.3 Å². The van der Waals surface area contributed by atoms with Gasteiger partial charge < -0.3 is 0 Å². The lowest BCUT2D eigenvalue weighted by molar-refractivity contribution is 0.0598. The van der Waals surface area contributed by atoms with E-state index in [1.54, 1.807) is 48.5 Å². The second-order valence-electron chi connectivity index (χ2n) is 4.82. The molecule has 114 valence electrons. The van der Waals surface area contributed by atoms with Crippen molar-refractivity contribution in [3.63, 3.8) is 0 Å². The van der Waals surface area contributed by atoms with Crippen molar-refractivity contribution in [1.29, 1.82) is 0 Å². The first-order valence-corrected chi connectivity index (χ1v) is 7.57. The summed E-state index contributed by atoms with van der Waals surface area (Å²) >= 11 is 3.30. The van der Waals surface area contributed by atoms with E-state index in [1.807, 2.05) is 0 Å². The summed E-state index contributed by atoms with van der Waals surface area (Å²) in [5.41, 5.74) is 3.76. The summed E-state index contributed by atoms with van der Waals surface area (Å²) in [5.74, 6) is -1.11. The minimum Gasteiger partial charge on any atom is -0.295 e. The third-order valence-electron chi connectivity index (χ3n) is 3.36. The van der Waals surface area contributed by atoms with Crippen LogP contribution in [0.15, 0.2) is 65.3 Å². The number of halogens is 1. The Labute approximate surface area is 140 Å². The largest absolute Gasteiger partial charge is 0.295 e. The van der Waals surface area contributed by atoms with Gasteiger partial charge in [0.25, 0.3) is 11.8 Å². The number of hydrazine groups is 1. The first kappa shape index (κ1) is 15.2. The van der Waals surface area contributed by atoms with Crippen molar-refractivity contribution in [2.45, 2.75) is 0 Å². The monoisotopic (exact) mass is 370 g/mol. The van der Waals surface area contributed by atoms with Crippen LogP contribution in [-0.2, 0) is 0 Å². The molecular weight excluding hydrogens is 360 g/mol. The molecule has 1 aliphatic rings. The Morgan fingerprint density at radius 3 is 2.09 bits per heavy atom. The summed E-state index contributed by atoms with van der Waals surface area (Å²) in [6.07, 6.45) is 2.55. The van der Waals surface area contributed by atoms with Crippen LogP contribution in [0.5, 0.6) is 0 Å². The summed E-state index contributed by atoms with van der Waals surface area (Å²) in [6, 6.07) is 13.5. The SMILES string of the molecule is O=C(C=CNN1C(=O)c2ccccc2C1=O)c1ccc(Br)cc1. The molecule has 2 amide bonds. The first-order valence-electron chi connectivity index (χ1n) is 6.78. The number of carbonyl (C=O) groups excluding carboxylic acids is 3. The average molecular weight is 371 g/mol. The molecule has 0 saturated heterocycles. The Hall–Kier alpha value is -2.73. The van der Waals surface area contributed by atoms with Crippen molar-refractivity contribution in [2.24, 2.45) is 0 Å². The van der Waals surface area contributed by atoms with E-state index in [4.69, 9.17) is 0 Å². The van der Waals surface area contributed by atoms with Crippen molar-refractivity contribution >= 4 is 33.5 Å². The molecule has 2 aromatic carbocycles. The maximum Gasteiger partial charge on any atom is 0.280 e. The Morgan fingerprint density at radius 2 is 1.52 bits per heavy atom. The molecule has 1 heterocycles. The normalized spacial score (nSPS) is 13.5. The van der Waals surface area contributed by atoms with Crippen LogP contribution in [0.2, 0.25) is 0 Å². The lowest BCUT2D eigenvalue weighted by Gasteiger charge is -2.12. The Bertz CT molecular complexity index is 793. The van der Waals surface area contributed by atoms with Gasteiger partial charge in [0.05, 0.1) is 11.1 Å². The van der Waals surface area contributed by atoms with Gasteiger partial charge >= 0.3 is 0 Å². The highest BCUT2D eigenvalue weighted by Crippen LogP contribution is 2.20. The highest BCUT2D eigenvalue weighted by molar-refractivity contribution is 9.10. The minimum atomic E-state index is -0.439. The van der Waals surface area contributed by atoms with Gasteiger partial charge in [0.1, 0.15) is 0 Å². The van der Waals surface area contributed by atoms with Crippen LogP contribution in [0, 0.1) is 0 Å². The van der Waals surface area contributed by atoms with E-state index in [9.17, 15) is 14.4 Å². The number of carbonyl (C=O) groups is 3. The molecule has 1 N–H and O–H groups in total. The number of hydrogen-bond acceptors (Lipinski definition) is 4. The van der Waals surface area contributed by atoms with Crippen LogP contribution in [0.25, 0.3) is 0 Å². The molecule has 0 atom stereocenters. The predicted molar refractivity (Wildman–Crippen MR) is 87.7 cm³/mol. The van der Waals surface area contributed by atoms with E-state index >= 15 is 0 Å². The molecule has 5 nitrogen and oxygen atoms in total. The first-order chi connectivity index (χ1) is 11.1. The number of allylic oxidation sites excluding steroid dienone is 1. The van der Waals surface area contributed by atoms with E-state index in [-0.39, 0.29) is 5.78 Å². The smallest absolute Gasteiger partial charge is 0.280 e. The molecule has 23 heavy (non-hydrogen) atoms. The van der Waals surface area contributed by atoms with Gasteiger partial charge in [-0.05, 0) is 36.4 Å². The van der Waals surface area contributed by atoms with Gasteiger partial charge in [-0.1, -0.05) is 28.1 Å². The molecule has 0 unspecified atom stereocenters. The van der Waals surface area contributed by atoms with Crippen molar-refractivity contribution in [1.82, 2.24) is 10.4 Å². The quantitative estimate of drug-likeness (QED) is 0.510. The number of rotatable bonds is 4. The zero-order chi connectivity index (χ0) is 16.4. The van der Waals surface area contributed by atoms with Crippen LogP contribution in [0.1, 0.15) is 31.1 Å². The fourth-order valence-electron chi connectivity index (χ4n) is 2.20. The van der Waals surface area contributed by atoms with Crippen LogP contribution >= 0.6 is 15.9 Å². The Kier molecular flexibility index (Phi) is 4.08. The molecule has 1 aliphatic heterocycles. The van der Waals surface area contributed by atoms with E-state index in [2.05, 4.69) is 21.4 Å². The molecule has 0 bridgehead atoms. The van der Waals surface area contributed by atoms with Crippen molar-refractivity contribution in [3.05, 3.63) is 82.0 Å². The molecular formula is C17H11BrN2O3. The van der Waals surface area contributed by atoms with Gasteiger partial charge in [0.2, 0.25) is 0 Å². The molecule has 0 saturated carbocycles. The predicted octanol–water partition coefficient (Wildman–Crippen LogP) is 2.95. The number of imide groups is 1. The number of fused-ring (bicyclic) bond motifs is 1. The van der Waals surface area contributed by atoms with E-state index in [0.29, 0.717) is 16.7 Å². The third-order valence-corrected chi connectivity index (χ3v) is 3.89. The number of benzene rings is 2. The zero-order valence-corrected chi connectivity index (χ0v) is 13.4. The molecule has 2 aromatic rings. The summed E-state index contributed by atoms with van der Waals surface area (Å²) in [4.78, 5) is 36.2. The third kappa shape index (κ3) is 2.93. The van der Waals surface area contributed by atoms with Gasteiger partial charge in [-0.15, -0.1) is 0 Å². The molecule has 0 spiro atoms. The highest BCUT2D eigenvalue weighted by Gasteiger charge is 2.34. The number of nitrogens with zero attached hydrogens (tertiary/aromatic N) is 1. The molecule has 0 radical (unpaired) electrons. The van der Waals surface area contributed by atoms with Crippen molar-refractivity contribution in [2.75, 3.05) is 0 Å². The van der Waals surface area contributed by atoms with Crippen LogP contribution < -0.4 is 5.43 Å². The summed E-state index contributed by atoms with van der Waals surface area (Å²) in [7, 11) is 0. The molecule has 0 aromatic heterocycles. The summed E-state index contributed by atoms with van der Waals surface area (Å²) in [5, 5.41) is 0.885. The fourth-order valence-corrected chi connectivity index (χ4v) is 2.47. The number of ketones is 1. The number of nitrogens with one attached hydrogen (secondary N) is 1. The standard InChI is InChI=1S/C17H11BrN2O3/c18-12-7-5-11(6-8-12)15(21)9-10-19-20-16(22)13-3-1-2-4-14(13)17(20)23/h1-10,19H. The van der Waals surface area contributed by atoms with E-state index in [1.165, 1.54) is 12.3 Å². The second kappa shape index (κ2) is 6.18. The molecule has 0 fully saturated rings. The fraction of sp³-hybridized carbons (Fsp3) is 0. The van der Waals surface area contributed by atoms with Gasteiger partial charge in [-0.25, -0.2) is 0 Å². The lowest BCUT2D eigenvalue weighted by Crippen LogP contribution is -2.39. The number of amides is 2. The zero-order valence-electron chi connectivity index (χ0n) is 11.8. The number of hydrogen-bond donors (Lipinski definition) is 1. The van der Waals surface area contributed by atoms with Gasteiger partial charge in [0.15, 0.2) is 5.78 Å². The van der Waals surface area contributed by atoms with Crippen LogP contribution in [0.3, 0.4) is 0 Å². The minimum absolute atomic E-state index is 0.235. The molecule has 0 aliphatic carbocycles. The van der Waals surface area contributed by atoms with E-state index < -0.39 is 11.8 Å². The Morgan fingerprint density at radius 1 is 0.957 bits per heavy atom. The second-order valence-corrected chi connectivity index (χ2v) is 5.74.